The van der Waals surface area contributed by atoms with Crippen LogP contribution in [0, 0.1) is 10.7 Å². The number of hydrogen-bond acceptors (Lipinski definition) is 9. The summed E-state index contributed by atoms with van der Waals surface area (Å²) in [7, 11) is -3.35. The molecule has 5 aromatic heterocycles. The zero-order valence-electron chi connectivity index (χ0n) is 32.1. The molecule has 5 N–H and O–H groups in total. The van der Waals surface area contributed by atoms with Crippen molar-refractivity contribution < 1.29 is 63.8 Å². The summed E-state index contributed by atoms with van der Waals surface area (Å²) in [6.07, 6.45) is 9.08. The maximum atomic E-state index is 14.0. The summed E-state index contributed by atoms with van der Waals surface area (Å²) in [4.78, 5) is 43.4. The topological polar surface area (TPSA) is 199 Å². The number of carboxylic acid groups (broad SMARTS) is 3. The molecule has 2 aliphatic rings. The number of nitriles is 1. The number of unbranched alkanes of at least 4 members (excludes halogenated alkanes) is 3. The molecular weight excluding hydrogens is 856 g/mol. The van der Waals surface area contributed by atoms with E-state index in [0.717, 1.165) is 37.0 Å². The van der Waals surface area contributed by atoms with Gasteiger partial charge in [-0.15, -0.1) is 11.3 Å². The predicted octanol–water partition coefficient (Wildman–Crippen LogP) is 6.15. The maximum Gasteiger partial charge on any atom is 0.646 e. The lowest BCUT2D eigenvalue weighted by Gasteiger charge is -2.12. The number of fused-ring (bicyclic) bond motifs is 6. The summed E-state index contributed by atoms with van der Waals surface area (Å²) in [5, 5.41) is 41.2. The summed E-state index contributed by atoms with van der Waals surface area (Å²) < 4.78 is 55.1. The Kier molecular flexibility index (Phi) is 12.0. The van der Waals surface area contributed by atoms with Gasteiger partial charge in [-0.2, -0.15) is 18.4 Å². The molecule has 20 heteroatoms. The fraction of sp³-hybridized carbons (Fsp3) is 0.195. The van der Waals surface area contributed by atoms with Gasteiger partial charge in [-0.3, -0.25) is 4.99 Å². The van der Waals surface area contributed by atoms with Gasteiger partial charge >= 0.3 is 57.7 Å². The van der Waals surface area contributed by atoms with E-state index < -0.39 is 40.6 Å². The highest BCUT2D eigenvalue weighted by Crippen LogP contribution is 2.47. The number of aromatic nitrogens is 4. The van der Waals surface area contributed by atoms with E-state index in [1.54, 1.807) is 35.4 Å². The zero-order valence-corrected chi connectivity index (χ0v) is 34.5. The van der Waals surface area contributed by atoms with Gasteiger partial charge in [0.05, 0.1) is 22.6 Å². The molecule has 0 atom stereocenters. The number of nitrogens with zero attached hydrogens (tertiary/aromatic N) is 6. The Labute approximate surface area is 356 Å². The largest absolute Gasteiger partial charge is 0.646 e. The molecule has 312 valence electrons. The number of thiocyanates is 1. The molecule has 14 nitrogen and oxygen atoms in total. The smallest absolute Gasteiger partial charge is 0.478 e. The van der Waals surface area contributed by atoms with Gasteiger partial charge in [0.2, 0.25) is 6.20 Å². The average Bonchev–Trinajstić information content (AvgIpc) is 3.89. The first-order valence-electron chi connectivity index (χ1n) is 18.6. The van der Waals surface area contributed by atoms with E-state index in [4.69, 9.17) is 10.0 Å². The van der Waals surface area contributed by atoms with Crippen molar-refractivity contribution in [2.45, 2.75) is 45.2 Å². The van der Waals surface area contributed by atoms with Crippen molar-refractivity contribution in [1.29, 1.82) is 5.26 Å². The number of rotatable bonds is 16. The zero-order chi connectivity index (χ0) is 43.6. The summed E-state index contributed by atoms with van der Waals surface area (Å²) in [6.45, 7) is 2.15. The number of alkyl halides is 3. The molecule has 0 aromatic carbocycles. The molecule has 0 spiro atoms. The van der Waals surface area contributed by atoms with E-state index in [0.29, 0.717) is 23.4 Å². The van der Waals surface area contributed by atoms with Crippen LogP contribution in [0.15, 0.2) is 96.0 Å². The molecule has 0 amide bonds. The number of thioether (sulfide) groups is 1. The molecule has 7 rings (SSSR count). The molecule has 61 heavy (non-hydrogen) atoms. The highest BCUT2D eigenvalue weighted by Gasteiger charge is 2.78. The number of thiophene rings is 1. The Bertz CT molecular complexity index is 2680. The fourth-order valence-corrected chi connectivity index (χ4v) is 11.1. The van der Waals surface area contributed by atoms with Crippen LogP contribution in [-0.4, -0.2) is 51.0 Å². The van der Waals surface area contributed by atoms with E-state index in [-0.39, 0.29) is 56.7 Å². The average molecular weight is 892 g/mol. The summed E-state index contributed by atoms with van der Waals surface area (Å²) in [6, 6.07) is 15.2. The van der Waals surface area contributed by atoms with Gasteiger partial charge in [0.25, 0.3) is 5.69 Å². The highest BCUT2D eigenvalue weighted by atomic mass is 32.3. The van der Waals surface area contributed by atoms with E-state index in [2.05, 4.69) is 18.0 Å². The van der Waals surface area contributed by atoms with E-state index in [1.165, 1.54) is 70.7 Å². The standard InChI is InChI=1S/C41H32F3N7O7S3/c1-2-3-4-5-6-29-9-10-30(60-29)8-7-25-11-14-48(32(17-25)31(47-24-59-23-45)22-37(46)41(42,43)44)58-61-49-15-12-26(38(52)53)18-33(49)35-20-28(40(56)57)21-36(51(35)61)34-19-27(39(54)55)13-16-50(34)61/h7-22H,2-6,24H2,1H3,(H-4,46,47,52,53,54,55,56,57)/p+4/b8-7+. The van der Waals surface area contributed by atoms with Crippen molar-refractivity contribution >= 4 is 69.7 Å². The second kappa shape index (κ2) is 17.2. The van der Waals surface area contributed by atoms with Crippen LogP contribution in [0.4, 0.5) is 13.2 Å². The normalized spacial score (nSPS) is 14.3. The van der Waals surface area contributed by atoms with Gasteiger partial charge in [0.15, 0.2) is 12.4 Å². The Balaban J connectivity index is 1.45. The van der Waals surface area contributed by atoms with Gasteiger partial charge in [-0.25, -0.2) is 14.4 Å². The Morgan fingerprint density at radius 3 is 2.07 bits per heavy atom. The maximum absolute atomic E-state index is 14.0. The van der Waals surface area contributed by atoms with Crippen LogP contribution in [0.2, 0.25) is 0 Å². The lowest BCUT2D eigenvalue weighted by Crippen LogP contribution is -2.70. The van der Waals surface area contributed by atoms with E-state index in [1.807, 2.05) is 17.5 Å². The van der Waals surface area contributed by atoms with Crippen LogP contribution in [0.25, 0.3) is 34.9 Å². The molecule has 5 aromatic rings. The third-order valence-corrected chi connectivity index (χ3v) is 14.0. The van der Waals surface area contributed by atoms with E-state index >= 15 is 0 Å². The van der Waals surface area contributed by atoms with Crippen LogP contribution in [0.1, 0.15) is 84.7 Å². The molecule has 0 aliphatic carbocycles. The number of aromatic carboxylic acids is 3. The number of allylic oxidation sites excluding steroid dienone is 2. The third kappa shape index (κ3) is 8.31. The van der Waals surface area contributed by atoms with Crippen LogP contribution in [0.5, 0.6) is 0 Å². The summed E-state index contributed by atoms with van der Waals surface area (Å²) in [5.74, 6) is -4.15. The monoisotopic (exact) mass is 891 g/mol. The van der Waals surface area contributed by atoms with E-state index in [9.17, 15) is 48.1 Å². The number of hydrogen-bond donors (Lipinski definition) is 4. The number of halogens is 3. The minimum Gasteiger partial charge on any atom is -0.478 e. The predicted molar refractivity (Wildman–Crippen MR) is 220 cm³/mol. The third-order valence-electron chi connectivity index (χ3n) is 9.65. The van der Waals surface area contributed by atoms with Crippen LogP contribution < -0.4 is 26.7 Å². The minimum absolute atomic E-state index is 0.0455. The van der Waals surface area contributed by atoms with Crippen molar-refractivity contribution in [2.75, 3.05) is 5.88 Å². The Morgan fingerprint density at radius 2 is 1.49 bits per heavy atom. The van der Waals surface area contributed by atoms with Crippen molar-refractivity contribution in [3.05, 3.63) is 129 Å². The molecule has 0 saturated carbocycles. The molecule has 0 radical (unpaired) electrons. The van der Waals surface area contributed by atoms with Crippen molar-refractivity contribution in [3.8, 4) is 28.2 Å². The lowest BCUT2D eigenvalue weighted by atomic mass is 10.1. The van der Waals surface area contributed by atoms with Crippen LogP contribution >= 0.6 is 34.0 Å². The highest BCUT2D eigenvalue weighted by molar-refractivity contribution is 8.13. The first kappa shape index (κ1) is 42.6. The number of aliphatic imine (C=N–C) groups is 1. The van der Waals surface area contributed by atoms with Crippen molar-refractivity contribution in [1.82, 2.24) is 0 Å². The fourth-order valence-electron chi connectivity index (χ4n) is 6.77. The molecule has 0 saturated heterocycles. The molecule has 0 unspecified atom stereocenters. The van der Waals surface area contributed by atoms with Crippen LogP contribution in [-0.2, 0) is 6.42 Å². The molecule has 0 bridgehead atoms. The SMILES string of the molecule is CCCCCCc1ccc(/C=C/c2cc[n+](OS34[n+]5ccc(C(=O)O)cc5-c5cc(C(=O)O)cc([n+]53)-c3cc(C(=O)O)cc[n+]34)c(C(/C=C(\N)C(F)(F)F)=N\CSC#N)c2)s1. The van der Waals surface area contributed by atoms with Gasteiger partial charge in [0, 0.05) is 74.9 Å². The quantitative estimate of drug-likeness (QED) is 0.0386. The number of nitrogens with two attached hydrogens (primary N) is 1. The first-order valence-corrected chi connectivity index (χ1v) is 21.8. The van der Waals surface area contributed by atoms with Crippen molar-refractivity contribution in [2.24, 2.45) is 10.7 Å². The molecule has 2 aliphatic heterocycles. The van der Waals surface area contributed by atoms with Gasteiger partial charge in [-0.05, 0) is 58.7 Å². The van der Waals surface area contributed by atoms with Gasteiger partial charge in [0.1, 0.15) is 16.8 Å². The molecular formula is C41H36F3N7O7S3+4. The second-order valence-corrected chi connectivity index (χ2v) is 17.8. The second-order valence-electron chi connectivity index (χ2n) is 13.6. The molecule has 7 heterocycles. The summed E-state index contributed by atoms with van der Waals surface area (Å²) in [5.41, 5.74) is 4.58. The Morgan fingerprint density at radius 1 is 0.869 bits per heavy atom. The minimum atomic E-state index is -4.96. The number of carboxylic acids is 3. The number of aryl methyl sites for hydroxylation is 1. The summed E-state index contributed by atoms with van der Waals surface area (Å²) >= 11 is 2.30. The van der Waals surface area contributed by atoms with Gasteiger partial charge in [-0.1, -0.05) is 32.3 Å². The number of pyridine rings is 4. The van der Waals surface area contributed by atoms with Crippen molar-refractivity contribution in [3.63, 3.8) is 0 Å². The lowest BCUT2D eigenvalue weighted by molar-refractivity contribution is -0.886. The number of carbonyl (C=O) groups is 3. The van der Waals surface area contributed by atoms with Gasteiger partial charge < -0.3 is 21.1 Å². The Hall–Kier alpha value is -6.56. The van der Waals surface area contributed by atoms with Crippen LogP contribution in [0.3, 0.4) is 0 Å². The first-order chi connectivity index (χ1) is 29.2. The molecule has 0 fully saturated rings.